The first-order chi connectivity index (χ1) is 9.30. The lowest BCUT2D eigenvalue weighted by molar-refractivity contribution is -0.132. The van der Waals surface area contributed by atoms with Crippen LogP contribution in [-0.4, -0.2) is 29.7 Å². The molecular formula is C12H13ClF3N3S. The molecular weight excluding hydrogens is 311 g/mol. The van der Waals surface area contributed by atoms with Crippen molar-refractivity contribution in [1.82, 2.24) is 9.97 Å². The topological polar surface area (TPSA) is 29.0 Å². The predicted molar refractivity (Wildman–Crippen MR) is 75.7 cm³/mol. The van der Waals surface area contributed by atoms with Crippen LogP contribution in [0.4, 0.5) is 19.0 Å². The Labute approximate surface area is 123 Å². The van der Waals surface area contributed by atoms with Crippen LogP contribution in [0, 0.1) is 0 Å². The van der Waals surface area contributed by atoms with Gasteiger partial charge in [-0.3, -0.25) is 0 Å². The third kappa shape index (κ3) is 3.52. The summed E-state index contributed by atoms with van der Waals surface area (Å²) in [6, 6.07) is 1.91. The van der Waals surface area contributed by atoms with E-state index in [-0.39, 0.29) is 11.8 Å². The van der Waals surface area contributed by atoms with Gasteiger partial charge in [0.1, 0.15) is 10.6 Å². The van der Waals surface area contributed by atoms with Gasteiger partial charge in [-0.2, -0.15) is 18.2 Å². The van der Waals surface area contributed by atoms with Gasteiger partial charge < -0.3 is 4.90 Å². The summed E-state index contributed by atoms with van der Waals surface area (Å²) in [5.41, 5.74) is 0. The van der Waals surface area contributed by atoms with E-state index in [1.54, 1.807) is 7.05 Å². The van der Waals surface area contributed by atoms with E-state index in [1.165, 1.54) is 16.2 Å². The molecule has 0 aliphatic carbocycles. The number of alkyl halides is 3. The number of nitrogens with zero attached hydrogens (tertiary/aromatic N) is 3. The van der Waals surface area contributed by atoms with Crippen LogP contribution < -0.4 is 4.90 Å². The van der Waals surface area contributed by atoms with Gasteiger partial charge in [0.15, 0.2) is 0 Å². The third-order valence-corrected chi connectivity index (χ3v) is 4.18. The molecule has 20 heavy (non-hydrogen) atoms. The average Bonchev–Trinajstić information content (AvgIpc) is 2.76. The van der Waals surface area contributed by atoms with Gasteiger partial charge in [-0.1, -0.05) is 6.92 Å². The normalized spacial score (nSPS) is 12.1. The van der Waals surface area contributed by atoms with Crippen molar-refractivity contribution in [2.45, 2.75) is 25.9 Å². The molecule has 0 aliphatic rings. The van der Waals surface area contributed by atoms with Crippen molar-refractivity contribution in [3.8, 4) is 0 Å². The minimum Gasteiger partial charge on any atom is -0.359 e. The lowest BCUT2D eigenvalue weighted by Gasteiger charge is -2.19. The quantitative estimate of drug-likeness (QED) is 0.786. The lowest BCUT2D eigenvalue weighted by Crippen LogP contribution is -2.25. The second-order valence-electron chi connectivity index (χ2n) is 4.39. The Morgan fingerprint density at radius 3 is 2.65 bits per heavy atom. The second kappa shape index (κ2) is 5.73. The molecule has 2 aromatic heterocycles. The molecule has 0 N–H and O–H groups in total. The molecule has 3 nitrogen and oxygen atoms in total. The van der Waals surface area contributed by atoms with Gasteiger partial charge in [0.05, 0.1) is 11.8 Å². The van der Waals surface area contributed by atoms with Gasteiger partial charge in [0.2, 0.25) is 5.28 Å². The Balaban J connectivity index is 2.34. The van der Waals surface area contributed by atoms with E-state index in [0.717, 1.165) is 16.7 Å². The molecule has 0 saturated carbocycles. The van der Waals surface area contributed by atoms with E-state index in [2.05, 4.69) is 9.97 Å². The molecule has 0 aromatic carbocycles. The number of fused-ring (bicyclic) bond motifs is 1. The Hall–Kier alpha value is -1.08. The van der Waals surface area contributed by atoms with Crippen LogP contribution in [0.1, 0.15) is 18.2 Å². The van der Waals surface area contributed by atoms with Crippen molar-refractivity contribution in [3.05, 3.63) is 16.2 Å². The molecule has 2 rings (SSSR count). The smallest absolute Gasteiger partial charge is 0.359 e. The fourth-order valence-electron chi connectivity index (χ4n) is 1.80. The molecule has 8 heteroatoms. The molecule has 0 unspecified atom stereocenters. The summed E-state index contributed by atoms with van der Waals surface area (Å²) in [7, 11) is 1.58. The monoisotopic (exact) mass is 323 g/mol. The number of thiophene rings is 1. The summed E-state index contributed by atoms with van der Waals surface area (Å²) < 4.78 is 36.9. The van der Waals surface area contributed by atoms with E-state index in [1.807, 2.05) is 13.0 Å². The molecule has 0 spiro atoms. The van der Waals surface area contributed by atoms with E-state index < -0.39 is 12.6 Å². The van der Waals surface area contributed by atoms with Crippen LogP contribution in [0.15, 0.2) is 6.07 Å². The largest absolute Gasteiger partial charge is 0.390 e. The fourth-order valence-corrected chi connectivity index (χ4v) is 2.97. The molecule has 0 bridgehead atoms. The molecule has 0 fully saturated rings. The number of anilines is 1. The van der Waals surface area contributed by atoms with Crippen molar-refractivity contribution in [3.63, 3.8) is 0 Å². The lowest BCUT2D eigenvalue weighted by atomic mass is 10.3. The number of aromatic nitrogens is 2. The zero-order chi connectivity index (χ0) is 14.9. The number of hydrogen-bond acceptors (Lipinski definition) is 4. The van der Waals surface area contributed by atoms with E-state index >= 15 is 0 Å². The van der Waals surface area contributed by atoms with Crippen LogP contribution in [0.3, 0.4) is 0 Å². The highest BCUT2D eigenvalue weighted by Crippen LogP contribution is 2.32. The molecule has 2 aromatic rings. The Kier molecular flexibility index (Phi) is 4.39. The van der Waals surface area contributed by atoms with Crippen molar-refractivity contribution in [1.29, 1.82) is 0 Å². The summed E-state index contributed by atoms with van der Waals surface area (Å²) in [5.74, 6) is 0.445. The van der Waals surface area contributed by atoms with E-state index in [9.17, 15) is 13.2 Å². The number of aryl methyl sites for hydroxylation is 1. The van der Waals surface area contributed by atoms with Crippen LogP contribution in [0.2, 0.25) is 5.28 Å². The summed E-state index contributed by atoms with van der Waals surface area (Å²) in [6.45, 7) is 1.84. The van der Waals surface area contributed by atoms with Crippen molar-refractivity contribution < 1.29 is 13.2 Å². The fraction of sp³-hybridized carbons (Fsp3) is 0.500. The summed E-state index contributed by atoms with van der Waals surface area (Å²) in [4.78, 5) is 11.5. The minimum absolute atomic E-state index is 0.0517. The van der Waals surface area contributed by atoms with E-state index in [4.69, 9.17) is 11.6 Å². The minimum atomic E-state index is -4.19. The average molecular weight is 324 g/mol. The zero-order valence-corrected chi connectivity index (χ0v) is 12.5. The summed E-state index contributed by atoms with van der Waals surface area (Å²) in [5, 5.41) is 0.803. The van der Waals surface area contributed by atoms with Crippen LogP contribution in [0.25, 0.3) is 10.2 Å². The number of halogens is 4. The van der Waals surface area contributed by atoms with Crippen LogP contribution >= 0.6 is 22.9 Å². The zero-order valence-electron chi connectivity index (χ0n) is 11.0. The number of hydrogen-bond donors (Lipinski definition) is 0. The maximum atomic E-state index is 12.3. The first-order valence-corrected chi connectivity index (χ1v) is 7.23. The van der Waals surface area contributed by atoms with Crippen LogP contribution in [0.5, 0.6) is 0 Å². The van der Waals surface area contributed by atoms with Gasteiger partial charge >= 0.3 is 6.18 Å². The SMILES string of the molecule is CCc1cc2c(N(C)CCC(F)(F)F)nc(Cl)nc2s1. The van der Waals surface area contributed by atoms with Gasteiger partial charge in [-0.05, 0) is 24.1 Å². The van der Waals surface area contributed by atoms with Crippen LogP contribution in [-0.2, 0) is 6.42 Å². The highest BCUT2D eigenvalue weighted by molar-refractivity contribution is 7.18. The van der Waals surface area contributed by atoms with Gasteiger partial charge in [0.25, 0.3) is 0 Å². The molecule has 0 radical (unpaired) electrons. The number of rotatable bonds is 4. The first-order valence-electron chi connectivity index (χ1n) is 6.04. The van der Waals surface area contributed by atoms with Gasteiger partial charge in [-0.15, -0.1) is 11.3 Å². The highest BCUT2D eigenvalue weighted by atomic mass is 35.5. The molecule has 2 heterocycles. The summed E-state index contributed by atoms with van der Waals surface area (Å²) >= 11 is 7.33. The van der Waals surface area contributed by atoms with Crippen molar-refractivity contribution in [2.75, 3.05) is 18.5 Å². The summed E-state index contributed by atoms with van der Waals surface area (Å²) in [6.07, 6.45) is -4.24. The molecule has 110 valence electrons. The standard InChI is InChI=1S/C12H13ClF3N3S/c1-3-7-6-8-9(17-11(13)18-10(8)20-7)19(2)5-4-12(14,15)16/h6H,3-5H2,1-2H3. The molecule has 0 atom stereocenters. The molecule has 0 saturated heterocycles. The van der Waals surface area contributed by atoms with Gasteiger partial charge in [0, 0.05) is 18.5 Å². The predicted octanol–water partition coefficient (Wildman–Crippen LogP) is 4.30. The highest BCUT2D eigenvalue weighted by Gasteiger charge is 2.28. The maximum absolute atomic E-state index is 12.3. The second-order valence-corrected chi connectivity index (χ2v) is 5.84. The van der Waals surface area contributed by atoms with Crippen molar-refractivity contribution >= 4 is 39.0 Å². The van der Waals surface area contributed by atoms with Gasteiger partial charge in [-0.25, -0.2) is 4.98 Å². The third-order valence-electron chi connectivity index (χ3n) is 2.84. The Morgan fingerprint density at radius 1 is 1.35 bits per heavy atom. The maximum Gasteiger partial charge on any atom is 0.390 e. The Morgan fingerprint density at radius 2 is 2.05 bits per heavy atom. The van der Waals surface area contributed by atoms with Crippen molar-refractivity contribution in [2.24, 2.45) is 0 Å². The Bertz CT molecular complexity index is 612. The first kappa shape index (κ1) is 15.3. The molecule has 0 aliphatic heterocycles. The van der Waals surface area contributed by atoms with E-state index in [0.29, 0.717) is 10.6 Å². The molecule has 0 amide bonds.